The fourth-order valence-corrected chi connectivity index (χ4v) is 2.47. The lowest BCUT2D eigenvalue weighted by Crippen LogP contribution is -2.48. The lowest BCUT2D eigenvalue weighted by molar-refractivity contribution is -0.159. The minimum absolute atomic E-state index is 0.364. The molecule has 1 aliphatic rings. The van der Waals surface area contributed by atoms with E-state index in [4.69, 9.17) is 28.3 Å². The van der Waals surface area contributed by atoms with Crippen LogP contribution in [0.4, 0.5) is 5.69 Å². The van der Waals surface area contributed by atoms with Crippen LogP contribution in [0.1, 0.15) is 19.3 Å². The number of rotatable bonds is 3. The molecular formula is C12H11Cl2NO3. The van der Waals surface area contributed by atoms with E-state index in [0.717, 1.165) is 6.42 Å². The van der Waals surface area contributed by atoms with Crippen molar-refractivity contribution in [2.45, 2.75) is 19.3 Å². The highest BCUT2D eigenvalue weighted by atomic mass is 35.5. The molecule has 6 heteroatoms. The molecule has 0 saturated heterocycles. The molecule has 1 aromatic carbocycles. The van der Waals surface area contributed by atoms with Gasteiger partial charge in [0.2, 0.25) is 5.91 Å². The van der Waals surface area contributed by atoms with Crippen LogP contribution in [-0.2, 0) is 9.59 Å². The molecule has 2 rings (SSSR count). The Morgan fingerprint density at radius 2 is 1.72 bits per heavy atom. The summed E-state index contributed by atoms with van der Waals surface area (Å²) in [5, 5.41) is 12.5. The Hall–Kier alpha value is -1.26. The lowest BCUT2D eigenvalue weighted by atomic mass is 9.68. The third-order valence-electron chi connectivity index (χ3n) is 3.17. The second-order valence-corrected chi connectivity index (χ2v) is 5.23. The number of nitrogens with one attached hydrogen (secondary N) is 1. The Kier molecular flexibility index (Phi) is 3.50. The summed E-state index contributed by atoms with van der Waals surface area (Å²) < 4.78 is 0. The summed E-state index contributed by atoms with van der Waals surface area (Å²) in [4.78, 5) is 23.2. The van der Waals surface area contributed by atoms with E-state index in [1.807, 2.05) is 0 Å². The van der Waals surface area contributed by atoms with Crippen molar-refractivity contribution in [2.24, 2.45) is 5.41 Å². The molecule has 2 N–H and O–H groups in total. The number of carbonyl (C=O) groups excluding carboxylic acids is 1. The number of benzene rings is 1. The molecule has 0 spiro atoms. The fraction of sp³-hybridized carbons (Fsp3) is 0.333. The smallest absolute Gasteiger partial charge is 0.319 e. The summed E-state index contributed by atoms with van der Waals surface area (Å²) in [6.45, 7) is 0. The van der Waals surface area contributed by atoms with E-state index in [1.54, 1.807) is 0 Å². The maximum atomic E-state index is 12.0. The van der Waals surface area contributed by atoms with Gasteiger partial charge in [-0.1, -0.05) is 29.6 Å². The van der Waals surface area contributed by atoms with Gasteiger partial charge in [0.15, 0.2) is 0 Å². The number of hydrogen-bond donors (Lipinski definition) is 2. The SMILES string of the molecule is O=C(O)C1(C(=O)Nc2cc(Cl)cc(Cl)c2)CCC1. The first-order chi connectivity index (χ1) is 8.44. The van der Waals surface area contributed by atoms with Crippen molar-refractivity contribution in [1.82, 2.24) is 0 Å². The minimum Gasteiger partial charge on any atom is -0.480 e. The number of amides is 1. The number of anilines is 1. The molecule has 1 saturated carbocycles. The minimum atomic E-state index is -1.30. The highest BCUT2D eigenvalue weighted by molar-refractivity contribution is 6.35. The highest BCUT2D eigenvalue weighted by Gasteiger charge is 2.51. The molecule has 0 aliphatic heterocycles. The van der Waals surface area contributed by atoms with Crippen molar-refractivity contribution in [1.29, 1.82) is 0 Å². The van der Waals surface area contributed by atoms with E-state index in [-0.39, 0.29) is 0 Å². The van der Waals surface area contributed by atoms with Crippen LogP contribution >= 0.6 is 23.2 Å². The molecule has 4 nitrogen and oxygen atoms in total. The van der Waals surface area contributed by atoms with Gasteiger partial charge in [0.25, 0.3) is 0 Å². The van der Waals surface area contributed by atoms with Crippen molar-refractivity contribution < 1.29 is 14.7 Å². The van der Waals surface area contributed by atoms with Crippen LogP contribution in [0.15, 0.2) is 18.2 Å². The quantitative estimate of drug-likeness (QED) is 0.839. The van der Waals surface area contributed by atoms with E-state index in [0.29, 0.717) is 28.6 Å². The van der Waals surface area contributed by atoms with Crippen molar-refractivity contribution in [3.05, 3.63) is 28.2 Å². The number of carbonyl (C=O) groups is 2. The molecule has 1 amide bonds. The molecule has 0 aromatic heterocycles. The lowest BCUT2D eigenvalue weighted by Gasteiger charge is -2.35. The van der Waals surface area contributed by atoms with Gasteiger partial charge in [-0.25, -0.2) is 0 Å². The third-order valence-corrected chi connectivity index (χ3v) is 3.61. The van der Waals surface area contributed by atoms with Crippen LogP contribution in [0, 0.1) is 5.41 Å². The normalized spacial score (nSPS) is 16.8. The zero-order valence-electron chi connectivity index (χ0n) is 9.37. The largest absolute Gasteiger partial charge is 0.480 e. The van der Waals surface area contributed by atoms with Gasteiger partial charge in [-0.2, -0.15) is 0 Å². The molecular weight excluding hydrogens is 277 g/mol. The standard InChI is InChI=1S/C12H11Cl2NO3/c13-7-4-8(14)6-9(5-7)15-10(16)12(11(17)18)2-1-3-12/h4-6H,1-3H2,(H,15,16)(H,17,18). The van der Waals surface area contributed by atoms with Gasteiger partial charge in [0.1, 0.15) is 5.41 Å². The van der Waals surface area contributed by atoms with Crippen molar-refractivity contribution in [3.63, 3.8) is 0 Å². The van der Waals surface area contributed by atoms with Gasteiger partial charge >= 0.3 is 5.97 Å². The predicted molar refractivity (Wildman–Crippen MR) is 69.0 cm³/mol. The molecule has 0 atom stereocenters. The third kappa shape index (κ3) is 2.31. The van der Waals surface area contributed by atoms with Crippen LogP contribution < -0.4 is 5.32 Å². The van der Waals surface area contributed by atoms with E-state index in [9.17, 15) is 9.59 Å². The molecule has 0 radical (unpaired) electrons. The molecule has 0 heterocycles. The summed E-state index contributed by atoms with van der Waals surface area (Å²) in [6, 6.07) is 4.59. The number of hydrogen-bond acceptors (Lipinski definition) is 2. The summed E-state index contributed by atoms with van der Waals surface area (Å²) in [5.41, 5.74) is -0.889. The molecule has 0 bridgehead atoms. The molecule has 1 aliphatic carbocycles. The summed E-state index contributed by atoms with van der Waals surface area (Å²) in [7, 11) is 0. The highest BCUT2D eigenvalue weighted by Crippen LogP contribution is 2.42. The van der Waals surface area contributed by atoms with Gasteiger partial charge in [-0.3, -0.25) is 9.59 Å². The molecule has 1 fully saturated rings. The van der Waals surface area contributed by atoms with E-state index in [1.165, 1.54) is 18.2 Å². The number of halogens is 2. The summed E-state index contributed by atoms with van der Waals surface area (Å²) in [5.74, 6) is -1.60. The van der Waals surface area contributed by atoms with Crippen LogP contribution in [0.25, 0.3) is 0 Å². The maximum Gasteiger partial charge on any atom is 0.319 e. The zero-order valence-corrected chi connectivity index (χ0v) is 10.9. The Balaban J connectivity index is 2.18. The second kappa shape index (κ2) is 4.78. The summed E-state index contributed by atoms with van der Waals surface area (Å²) >= 11 is 11.6. The van der Waals surface area contributed by atoms with Gasteiger partial charge in [0.05, 0.1) is 0 Å². The zero-order chi connectivity index (χ0) is 13.3. The summed E-state index contributed by atoms with van der Waals surface area (Å²) in [6.07, 6.45) is 1.47. The average molecular weight is 288 g/mol. The fourth-order valence-electron chi connectivity index (χ4n) is 1.95. The Labute approximate surface area is 114 Å². The van der Waals surface area contributed by atoms with Crippen LogP contribution in [-0.4, -0.2) is 17.0 Å². The van der Waals surface area contributed by atoms with Crippen LogP contribution in [0.3, 0.4) is 0 Å². The van der Waals surface area contributed by atoms with E-state index in [2.05, 4.69) is 5.32 Å². The Morgan fingerprint density at radius 1 is 1.17 bits per heavy atom. The first-order valence-corrected chi connectivity index (χ1v) is 6.20. The Morgan fingerprint density at radius 3 is 2.11 bits per heavy atom. The predicted octanol–water partition coefficient (Wildman–Crippen LogP) is 3.19. The van der Waals surface area contributed by atoms with Crippen molar-refractivity contribution in [3.8, 4) is 0 Å². The van der Waals surface area contributed by atoms with Crippen molar-refractivity contribution in [2.75, 3.05) is 5.32 Å². The maximum absolute atomic E-state index is 12.0. The number of carboxylic acid groups (broad SMARTS) is 1. The van der Waals surface area contributed by atoms with E-state index >= 15 is 0 Å². The first-order valence-electron chi connectivity index (χ1n) is 5.45. The van der Waals surface area contributed by atoms with Gasteiger partial charge < -0.3 is 10.4 Å². The van der Waals surface area contributed by atoms with Gasteiger partial charge in [-0.15, -0.1) is 0 Å². The number of aliphatic carboxylic acids is 1. The molecule has 18 heavy (non-hydrogen) atoms. The first kappa shape index (κ1) is 13.2. The van der Waals surface area contributed by atoms with Crippen LogP contribution in [0.5, 0.6) is 0 Å². The van der Waals surface area contributed by atoms with Crippen molar-refractivity contribution >= 4 is 40.8 Å². The Bertz CT molecular complexity index is 492. The molecule has 0 unspecified atom stereocenters. The van der Waals surface area contributed by atoms with Gasteiger partial charge in [-0.05, 0) is 31.0 Å². The van der Waals surface area contributed by atoms with E-state index < -0.39 is 17.3 Å². The number of carboxylic acids is 1. The monoisotopic (exact) mass is 287 g/mol. The molecule has 96 valence electrons. The van der Waals surface area contributed by atoms with Gasteiger partial charge in [0, 0.05) is 15.7 Å². The second-order valence-electron chi connectivity index (χ2n) is 4.35. The van der Waals surface area contributed by atoms with Crippen LogP contribution in [0.2, 0.25) is 10.0 Å². The average Bonchev–Trinajstić information content (AvgIpc) is 2.11. The molecule has 1 aromatic rings. The topological polar surface area (TPSA) is 66.4 Å².